The molecule has 0 spiro atoms. The van der Waals surface area contributed by atoms with Gasteiger partial charge in [-0.1, -0.05) is 12.1 Å². The number of fused-ring (bicyclic) bond motifs is 1. The molecule has 0 aliphatic heterocycles. The summed E-state index contributed by atoms with van der Waals surface area (Å²) in [7, 11) is 3.11. The number of aromatic carboxylic acids is 1. The van der Waals surface area contributed by atoms with Crippen LogP contribution in [0, 0.1) is 0 Å². The summed E-state index contributed by atoms with van der Waals surface area (Å²) in [5, 5.41) is 9.21. The fourth-order valence-corrected chi connectivity index (χ4v) is 2.95. The molecule has 0 saturated heterocycles. The Morgan fingerprint density at radius 2 is 1.86 bits per heavy atom. The van der Waals surface area contributed by atoms with Gasteiger partial charge in [0.15, 0.2) is 11.5 Å². The van der Waals surface area contributed by atoms with E-state index in [2.05, 4.69) is 4.98 Å². The van der Waals surface area contributed by atoms with E-state index in [0.717, 1.165) is 5.56 Å². The number of carboxylic acid groups (broad SMARTS) is 1. The van der Waals surface area contributed by atoms with Crippen molar-refractivity contribution in [3.05, 3.63) is 63.6 Å². The second kappa shape index (κ2) is 7.96. The maximum atomic E-state index is 12.8. The lowest BCUT2D eigenvalue weighted by Crippen LogP contribution is -2.23. The van der Waals surface area contributed by atoms with E-state index in [1.54, 1.807) is 49.1 Å². The Bertz CT molecular complexity index is 1130. The number of hydrogen-bond donors (Lipinski definition) is 1. The summed E-state index contributed by atoms with van der Waals surface area (Å²) >= 11 is 0. The number of methoxy groups -OCH3 is 2. The van der Waals surface area contributed by atoms with Crippen LogP contribution < -0.4 is 15.0 Å². The molecule has 0 fully saturated rings. The van der Waals surface area contributed by atoms with E-state index in [9.17, 15) is 14.7 Å². The van der Waals surface area contributed by atoms with Crippen LogP contribution in [0.2, 0.25) is 0 Å². The highest BCUT2D eigenvalue weighted by atomic mass is 16.5. The Hall–Kier alpha value is -3.61. The van der Waals surface area contributed by atoms with Gasteiger partial charge in [-0.15, -0.1) is 0 Å². The Morgan fingerprint density at radius 3 is 2.50 bits per heavy atom. The van der Waals surface area contributed by atoms with Gasteiger partial charge in [-0.05, 0) is 48.9 Å². The van der Waals surface area contributed by atoms with Gasteiger partial charge in [0.2, 0.25) is 0 Å². The predicted molar refractivity (Wildman–Crippen MR) is 107 cm³/mol. The quantitative estimate of drug-likeness (QED) is 0.706. The Balaban J connectivity index is 2.09. The maximum Gasteiger partial charge on any atom is 0.335 e. The maximum absolute atomic E-state index is 12.8. The first-order valence-electron chi connectivity index (χ1n) is 8.66. The van der Waals surface area contributed by atoms with Gasteiger partial charge in [0, 0.05) is 6.54 Å². The summed E-state index contributed by atoms with van der Waals surface area (Å²) in [6.45, 7) is 2.30. The minimum absolute atomic E-state index is 0.121. The molecule has 3 aromatic rings. The number of aromatic nitrogens is 2. The van der Waals surface area contributed by atoms with Crippen molar-refractivity contribution in [2.24, 2.45) is 0 Å². The summed E-state index contributed by atoms with van der Waals surface area (Å²) < 4.78 is 12.1. The molecule has 0 amide bonds. The van der Waals surface area contributed by atoms with Gasteiger partial charge < -0.3 is 19.1 Å². The summed E-state index contributed by atoms with van der Waals surface area (Å²) in [6, 6.07) is 9.94. The summed E-state index contributed by atoms with van der Waals surface area (Å²) in [4.78, 5) is 28.4. The van der Waals surface area contributed by atoms with Crippen LogP contribution in [0.15, 0.2) is 41.2 Å². The monoisotopic (exact) mass is 380 g/mol. The Kier molecular flexibility index (Phi) is 5.44. The number of carbonyl (C=O) groups is 1. The molecule has 0 saturated carbocycles. The van der Waals surface area contributed by atoms with Gasteiger partial charge in [-0.25, -0.2) is 9.78 Å². The summed E-state index contributed by atoms with van der Waals surface area (Å²) in [5.74, 6) is 0.145. The molecular formula is C21H20N2O5. The number of ether oxygens (including phenoxy) is 2. The third-order valence-corrected chi connectivity index (χ3v) is 4.38. The molecule has 28 heavy (non-hydrogen) atoms. The molecule has 7 heteroatoms. The van der Waals surface area contributed by atoms with Crippen molar-refractivity contribution in [2.45, 2.75) is 13.5 Å². The first kappa shape index (κ1) is 19.2. The molecule has 1 heterocycles. The molecule has 0 bridgehead atoms. The van der Waals surface area contributed by atoms with Crippen LogP contribution in [0.5, 0.6) is 11.5 Å². The second-order valence-corrected chi connectivity index (χ2v) is 6.00. The van der Waals surface area contributed by atoms with Crippen molar-refractivity contribution in [1.82, 2.24) is 9.55 Å². The highest BCUT2D eigenvalue weighted by Crippen LogP contribution is 2.28. The number of aryl methyl sites for hydroxylation is 1. The van der Waals surface area contributed by atoms with Crippen molar-refractivity contribution in [2.75, 3.05) is 14.2 Å². The minimum atomic E-state index is -1.04. The summed E-state index contributed by atoms with van der Waals surface area (Å²) in [5.41, 5.74) is 1.97. The molecule has 1 aromatic heterocycles. The minimum Gasteiger partial charge on any atom is -0.493 e. The normalized spacial score (nSPS) is 11.1. The van der Waals surface area contributed by atoms with E-state index < -0.39 is 5.97 Å². The van der Waals surface area contributed by atoms with Crippen LogP contribution in [0.25, 0.3) is 23.2 Å². The van der Waals surface area contributed by atoms with Crippen molar-refractivity contribution < 1.29 is 19.4 Å². The fourth-order valence-electron chi connectivity index (χ4n) is 2.95. The molecule has 0 unspecified atom stereocenters. The van der Waals surface area contributed by atoms with E-state index in [4.69, 9.17) is 9.47 Å². The van der Waals surface area contributed by atoms with Crippen LogP contribution in [-0.2, 0) is 6.54 Å². The predicted octanol–water partition coefficient (Wildman–Crippen LogP) is 3.30. The average Bonchev–Trinajstić information content (AvgIpc) is 2.71. The lowest BCUT2D eigenvalue weighted by molar-refractivity contribution is 0.0697. The first-order chi connectivity index (χ1) is 13.5. The topological polar surface area (TPSA) is 90.7 Å². The molecule has 0 aliphatic rings. The van der Waals surface area contributed by atoms with Gasteiger partial charge in [-0.2, -0.15) is 0 Å². The zero-order chi connectivity index (χ0) is 20.3. The number of benzene rings is 2. The Labute approximate surface area is 161 Å². The third kappa shape index (κ3) is 3.59. The molecule has 7 nitrogen and oxygen atoms in total. The van der Waals surface area contributed by atoms with Crippen molar-refractivity contribution in [3.63, 3.8) is 0 Å². The number of hydrogen-bond acceptors (Lipinski definition) is 5. The van der Waals surface area contributed by atoms with Crippen LogP contribution in [0.1, 0.15) is 28.5 Å². The molecule has 3 rings (SSSR count). The highest BCUT2D eigenvalue weighted by Gasteiger charge is 2.11. The molecule has 0 atom stereocenters. The first-order valence-corrected chi connectivity index (χ1v) is 8.66. The smallest absolute Gasteiger partial charge is 0.335 e. The Morgan fingerprint density at radius 1 is 1.11 bits per heavy atom. The van der Waals surface area contributed by atoms with E-state index >= 15 is 0 Å². The third-order valence-electron chi connectivity index (χ3n) is 4.38. The standard InChI is InChI=1S/C21H20N2O5/c1-4-23-17-9-7-14(21(25)26)12-16(17)22-15(20(23)24)8-5-13-6-10-18(27-2)19(11-13)28-3/h5-12H,4H2,1-3H3,(H,25,26)/b8-5+. The van der Waals surface area contributed by atoms with Crippen LogP contribution >= 0.6 is 0 Å². The summed E-state index contributed by atoms with van der Waals surface area (Å²) in [6.07, 6.45) is 3.36. The molecule has 1 N–H and O–H groups in total. The highest BCUT2D eigenvalue weighted by molar-refractivity contribution is 5.92. The van der Waals surface area contributed by atoms with Gasteiger partial charge in [-0.3, -0.25) is 4.79 Å². The van der Waals surface area contributed by atoms with Crippen molar-refractivity contribution >= 4 is 29.2 Å². The van der Waals surface area contributed by atoms with Crippen molar-refractivity contribution in [1.29, 1.82) is 0 Å². The van der Waals surface area contributed by atoms with E-state index in [1.165, 1.54) is 12.1 Å². The number of rotatable bonds is 6. The van der Waals surface area contributed by atoms with Gasteiger partial charge in [0.1, 0.15) is 5.69 Å². The molecule has 0 aliphatic carbocycles. The fraction of sp³-hybridized carbons (Fsp3) is 0.190. The van der Waals surface area contributed by atoms with Gasteiger partial charge in [0.05, 0.1) is 30.8 Å². The average molecular weight is 380 g/mol. The zero-order valence-corrected chi connectivity index (χ0v) is 15.8. The molecular weight excluding hydrogens is 360 g/mol. The van der Waals surface area contributed by atoms with Crippen molar-refractivity contribution in [3.8, 4) is 11.5 Å². The second-order valence-electron chi connectivity index (χ2n) is 6.00. The van der Waals surface area contributed by atoms with Gasteiger partial charge >= 0.3 is 5.97 Å². The van der Waals surface area contributed by atoms with Crippen LogP contribution in [-0.4, -0.2) is 34.8 Å². The molecule has 2 aromatic carbocycles. The van der Waals surface area contributed by atoms with Crippen LogP contribution in [0.4, 0.5) is 0 Å². The zero-order valence-electron chi connectivity index (χ0n) is 15.8. The van der Waals surface area contributed by atoms with E-state index in [1.807, 2.05) is 13.0 Å². The number of nitrogens with zero attached hydrogens (tertiary/aromatic N) is 2. The molecule has 144 valence electrons. The van der Waals surface area contributed by atoms with Gasteiger partial charge in [0.25, 0.3) is 5.56 Å². The molecule has 0 radical (unpaired) electrons. The van der Waals surface area contributed by atoms with Crippen LogP contribution in [0.3, 0.4) is 0 Å². The lowest BCUT2D eigenvalue weighted by Gasteiger charge is -2.10. The number of carboxylic acids is 1. The SMILES string of the molecule is CCn1c(=O)c(/C=C/c2ccc(OC)c(OC)c2)nc2cc(C(=O)O)ccc21. The van der Waals surface area contributed by atoms with E-state index in [0.29, 0.717) is 29.1 Å². The largest absolute Gasteiger partial charge is 0.493 e. The van der Waals surface area contributed by atoms with E-state index in [-0.39, 0.29) is 16.8 Å². The lowest BCUT2D eigenvalue weighted by atomic mass is 10.1.